The summed E-state index contributed by atoms with van der Waals surface area (Å²) in [6.45, 7) is 4.00. The molecule has 0 bridgehead atoms. The highest BCUT2D eigenvalue weighted by Gasteiger charge is 2.28. The van der Waals surface area contributed by atoms with Crippen molar-refractivity contribution in [3.05, 3.63) is 16.0 Å². The van der Waals surface area contributed by atoms with Crippen molar-refractivity contribution in [1.29, 1.82) is 0 Å². The molecule has 1 N–H and O–H groups in total. The van der Waals surface area contributed by atoms with E-state index in [1.807, 2.05) is 12.3 Å². The zero-order chi connectivity index (χ0) is 15.7. The van der Waals surface area contributed by atoms with Crippen LogP contribution in [0, 0.1) is 0 Å². The number of thiazole rings is 1. The van der Waals surface area contributed by atoms with Gasteiger partial charge in [0.25, 0.3) is 5.91 Å². The smallest absolute Gasteiger partial charge is 0.264 e. The highest BCUT2D eigenvalue weighted by molar-refractivity contribution is 8.18. The molecule has 6 nitrogen and oxygen atoms in total. The van der Waals surface area contributed by atoms with Gasteiger partial charge in [-0.3, -0.25) is 19.5 Å². The Labute approximate surface area is 136 Å². The first kappa shape index (κ1) is 15.2. The highest BCUT2D eigenvalue weighted by Crippen LogP contribution is 2.31. The lowest BCUT2D eigenvalue weighted by Gasteiger charge is -2.14. The van der Waals surface area contributed by atoms with Crippen LogP contribution in [0.25, 0.3) is 6.08 Å². The van der Waals surface area contributed by atoms with Gasteiger partial charge in [-0.1, -0.05) is 0 Å². The molecule has 1 aliphatic heterocycles. The second kappa shape index (κ2) is 6.21. The predicted molar refractivity (Wildman–Crippen MR) is 90.0 cm³/mol. The van der Waals surface area contributed by atoms with Crippen LogP contribution in [0.15, 0.2) is 15.3 Å². The average Bonchev–Trinajstić information content (AvgIpc) is 3.04. The van der Waals surface area contributed by atoms with E-state index in [1.54, 1.807) is 11.0 Å². The molecular formula is C14H16N4O2S2. The molecule has 0 unspecified atom stereocenters. The van der Waals surface area contributed by atoms with Crippen molar-refractivity contribution in [3.63, 3.8) is 0 Å². The monoisotopic (exact) mass is 336 g/mol. The Balaban J connectivity index is 1.76. The molecule has 3 rings (SSSR count). The summed E-state index contributed by atoms with van der Waals surface area (Å²) in [5.74, 6) is -0.180. The van der Waals surface area contributed by atoms with Gasteiger partial charge in [-0.25, -0.2) is 4.98 Å². The number of hydrogen-bond donors (Lipinski definition) is 1. The lowest BCUT2D eigenvalue weighted by Crippen LogP contribution is -2.27. The molecule has 8 heteroatoms. The molecule has 2 fully saturated rings. The van der Waals surface area contributed by atoms with Gasteiger partial charge >= 0.3 is 0 Å². The lowest BCUT2D eigenvalue weighted by atomic mass is 10.4. The Morgan fingerprint density at radius 1 is 1.59 bits per heavy atom. The lowest BCUT2D eigenvalue weighted by molar-refractivity contribution is -0.116. The summed E-state index contributed by atoms with van der Waals surface area (Å²) < 4.78 is 0. The second-order valence-corrected chi connectivity index (χ2v) is 6.92. The van der Waals surface area contributed by atoms with E-state index in [2.05, 4.69) is 15.3 Å². The number of nitrogens with one attached hydrogen (secondary N) is 1. The van der Waals surface area contributed by atoms with Gasteiger partial charge in [0.2, 0.25) is 5.91 Å². The van der Waals surface area contributed by atoms with Crippen molar-refractivity contribution < 1.29 is 9.59 Å². The first-order valence-corrected chi connectivity index (χ1v) is 8.78. The third-order valence-electron chi connectivity index (χ3n) is 3.21. The van der Waals surface area contributed by atoms with E-state index in [4.69, 9.17) is 0 Å². The van der Waals surface area contributed by atoms with E-state index in [9.17, 15) is 9.59 Å². The number of carbonyl (C=O) groups is 2. The van der Waals surface area contributed by atoms with E-state index in [0.717, 1.165) is 12.8 Å². The van der Waals surface area contributed by atoms with E-state index in [-0.39, 0.29) is 11.8 Å². The molecule has 2 amide bonds. The SMILES string of the molecule is CCN(C(C)=O)c1nc(/C=C2/SC(=NC3CC3)NC2=O)cs1. The molecule has 116 valence electrons. The summed E-state index contributed by atoms with van der Waals surface area (Å²) in [5.41, 5.74) is 0.685. The number of carbonyl (C=O) groups excluding carboxylic acids is 2. The molecule has 2 heterocycles. The average molecular weight is 336 g/mol. The maximum absolute atomic E-state index is 11.9. The first-order valence-electron chi connectivity index (χ1n) is 7.09. The summed E-state index contributed by atoms with van der Waals surface area (Å²) in [4.78, 5) is 34.5. The third kappa shape index (κ3) is 3.38. The van der Waals surface area contributed by atoms with Crippen molar-refractivity contribution in [2.45, 2.75) is 32.7 Å². The number of anilines is 1. The maximum Gasteiger partial charge on any atom is 0.264 e. The number of amides is 2. The van der Waals surface area contributed by atoms with Crippen LogP contribution in [0.5, 0.6) is 0 Å². The highest BCUT2D eigenvalue weighted by atomic mass is 32.2. The van der Waals surface area contributed by atoms with Gasteiger partial charge in [0.1, 0.15) is 0 Å². The Morgan fingerprint density at radius 2 is 2.36 bits per heavy atom. The molecule has 0 radical (unpaired) electrons. The van der Waals surface area contributed by atoms with Crippen molar-refractivity contribution in [1.82, 2.24) is 10.3 Å². The number of rotatable bonds is 4. The van der Waals surface area contributed by atoms with Gasteiger partial charge in [0.15, 0.2) is 10.3 Å². The van der Waals surface area contributed by atoms with Gasteiger partial charge < -0.3 is 5.32 Å². The summed E-state index contributed by atoms with van der Waals surface area (Å²) in [7, 11) is 0. The number of hydrogen-bond acceptors (Lipinski definition) is 6. The first-order chi connectivity index (χ1) is 10.6. The molecule has 2 aliphatic rings. The number of amidine groups is 1. The Bertz CT molecular complexity index is 676. The molecular weight excluding hydrogens is 320 g/mol. The molecule has 1 aromatic rings. The van der Waals surface area contributed by atoms with Crippen molar-refractivity contribution in [3.8, 4) is 0 Å². The molecule has 1 saturated heterocycles. The predicted octanol–water partition coefficient (Wildman–Crippen LogP) is 2.24. The van der Waals surface area contributed by atoms with Crippen molar-refractivity contribution in [2.75, 3.05) is 11.4 Å². The molecule has 22 heavy (non-hydrogen) atoms. The molecule has 0 aromatic carbocycles. The topological polar surface area (TPSA) is 74.7 Å². The Hall–Kier alpha value is -1.67. The van der Waals surface area contributed by atoms with Crippen molar-refractivity contribution in [2.24, 2.45) is 4.99 Å². The maximum atomic E-state index is 11.9. The van der Waals surface area contributed by atoms with Crippen LogP contribution in [0.4, 0.5) is 5.13 Å². The summed E-state index contributed by atoms with van der Waals surface area (Å²) >= 11 is 2.74. The minimum Gasteiger partial charge on any atom is -0.301 e. The fraction of sp³-hybridized carbons (Fsp3) is 0.429. The fourth-order valence-electron chi connectivity index (χ4n) is 1.95. The van der Waals surface area contributed by atoms with Gasteiger partial charge in [0, 0.05) is 18.8 Å². The minimum absolute atomic E-state index is 0.0390. The number of nitrogens with zero attached hydrogens (tertiary/aromatic N) is 3. The van der Waals surface area contributed by atoms with Gasteiger partial charge in [-0.15, -0.1) is 11.3 Å². The fourth-order valence-corrected chi connectivity index (χ4v) is 3.72. The van der Waals surface area contributed by atoms with E-state index in [0.29, 0.717) is 33.5 Å². The zero-order valence-electron chi connectivity index (χ0n) is 12.3. The summed E-state index contributed by atoms with van der Waals surface area (Å²) in [6, 6.07) is 0.377. The summed E-state index contributed by atoms with van der Waals surface area (Å²) in [5, 5.41) is 5.94. The van der Waals surface area contributed by atoms with Crippen LogP contribution in [-0.4, -0.2) is 34.6 Å². The number of aromatic nitrogens is 1. The van der Waals surface area contributed by atoms with Crippen LogP contribution < -0.4 is 10.2 Å². The van der Waals surface area contributed by atoms with E-state index in [1.165, 1.54) is 30.0 Å². The third-order valence-corrected chi connectivity index (χ3v) is 5.02. The quantitative estimate of drug-likeness (QED) is 0.856. The van der Waals surface area contributed by atoms with Gasteiger partial charge in [-0.05, 0) is 37.6 Å². The number of aliphatic imine (C=N–C) groups is 1. The molecule has 1 aromatic heterocycles. The van der Waals surface area contributed by atoms with Crippen LogP contribution >= 0.6 is 23.1 Å². The molecule has 1 saturated carbocycles. The molecule has 1 aliphatic carbocycles. The van der Waals surface area contributed by atoms with Crippen molar-refractivity contribution >= 4 is 51.3 Å². The minimum atomic E-state index is -0.141. The van der Waals surface area contributed by atoms with Gasteiger partial charge in [-0.2, -0.15) is 0 Å². The standard InChI is InChI=1S/C14H16N4O2S2/c1-3-18(8(2)19)14-16-10(7-21-14)6-11-12(20)17-13(22-11)15-9-4-5-9/h6-7,9H,3-5H2,1-2H3,(H,15,17,20)/b11-6+. The Kier molecular flexibility index (Phi) is 4.30. The van der Waals surface area contributed by atoms with Crippen LogP contribution in [0.2, 0.25) is 0 Å². The molecule has 0 atom stereocenters. The van der Waals surface area contributed by atoms with Gasteiger partial charge in [0.05, 0.1) is 16.6 Å². The van der Waals surface area contributed by atoms with E-state index >= 15 is 0 Å². The van der Waals surface area contributed by atoms with Crippen LogP contribution in [-0.2, 0) is 9.59 Å². The number of thioether (sulfide) groups is 1. The van der Waals surface area contributed by atoms with Crippen LogP contribution in [0.1, 0.15) is 32.4 Å². The van der Waals surface area contributed by atoms with E-state index < -0.39 is 0 Å². The summed E-state index contributed by atoms with van der Waals surface area (Å²) in [6.07, 6.45) is 3.95. The largest absolute Gasteiger partial charge is 0.301 e. The second-order valence-electron chi connectivity index (χ2n) is 5.05. The Morgan fingerprint density at radius 3 is 3.00 bits per heavy atom. The van der Waals surface area contributed by atoms with Crippen LogP contribution in [0.3, 0.4) is 0 Å². The normalized spacial score (nSPS) is 21.5. The zero-order valence-corrected chi connectivity index (χ0v) is 14.0. The molecule has 0 spiro atoms.